The van der Waals surface area contributed by atoms with Crippen molar-refractivity contribution in [2.24, 2.45) is 12.0 Å². The number of aryl methyl sites for hydroxylation is 1. The molecule has 0 bridgehead atoms. The number of halogens is 2. The lowest BCUT2D eigenvalue weighted by molar-refractivity contribution is 0.697. The number of aliphatic imine (C=N–C) groups is 1. The Kier molecular flexibility index (Phi) is 8.93. The summed E-state index contributed by atoms with van der Waals surface area (Å²) in [6.45, 7) is 4.08. The Morgan fingerprint density at radius 3 is 2.74 bits per heavy atom. The Balaban J connectivity index is 0.00000264. The third-order valence-corrected chi connectivity index (χ3v) is 3.54. The standard InChI is InChI=1S/C15H21ClN6.HI/c1-3-17-15(19-10-14-20-11-21-22(14)2)18-9-8-12-6-4-5-7-13(12)16;/h4-7,11H,3,8-10H2,1-2H3,(H2,17,18,19);1H. The van der Waals surface area contributed by atoms with Gasteiger partial charge in [-0.15, -0.1) is 24.0 Å². The van der Waals surface area contributed by atoms with Crippen LogP contribution in [0.1, 0.15) is 18.3 Å². The number of benzene rings is 1. The normalized spacial score (nSPS) is 11.0. The van der Waals surface area contributed by atoms with Gasteiger partial charge in [-0.2, -0.15) is 5.10 Å². The summed E-state index contributed by atoms with van der Waals surface area (Å²) in [5.74, 6) is 1.58. The van der Waals surface area contributed by atoms with Crippen LogP contribution in [-0.2, 0) is 20.0 Å². The van der Waals surface area contributed by atoms with Crippen molar-refractivity contribution in [1.29, 1.82) is 0 Å². The number of hydrogen-bond acceptors (Lipinski definition) is 3. The Morgan fingerprint density at radius 2 is 2.09 bits per heavy atom. The van der Waals surface area contributed by atoms with Gasteiger partial charge < -0.3 is 10.6 Å². The first-order chi connectivity index (χ1) is 10.7. The summed E-state index contributed by atoms with van der Waals surface area (Å²) in [6, 6.07) is 7.87. The first-order valence-electron chi connectivity index (χ1n) is 7.29. The number of guanidine groups is 1. The van der Waals surface area contributed by atoms with Crippen LogP contribution in [0.25, 0.3) is 0 Å². The van der Waals surface area contributed by atoms with Crippen LogP contribution in [-0.4, -0.2) is 33.8 Å². The Bertz CT molecular complexity index is 628. The van der Waals surface area contributed by atoms with E-state index >= 15 is 0 Å². The lowest BCUT2D eigenvalue weighted by Crippen LogP contribution is -2.38. The molecule has 8 heteroatoms. The van der Waals surface area contributed by atoms with E-state index in [0.717, 1.165) is 41.9 Å². The molecule has 0 radical (unpaired) electrons. The predicted molar refractivity (Wildman–Crippen MR) is 104 cm³/mol. The highest BCUT2D eigenvalue weighted by Crippen LogP contribution is 2.14. The molecular weight excluding hydrogens is 427 g/mol. The Morgan fingerprint density at radius 1 is 1.30 bits per heavy atom. The van der Waals surface area contributed by atoms with Gasteiger partial charge in [-0.05, 0) is 25.0 Å². The number of aromatic nitrogens is 3. The minimum Gasteiger partial charge on any atom is -0.357 e. The molecule has 0 unspecified atom stereocenters. The van der Waals surface area contributed by atoms with Crippen molar-refractivity contribution in [2.45, 2.75) is 19.9 Å². The molecule has 0 saturated heterocycles. The van der Waals surface area contributed by atoms with Crippen molar-refractivity contribution in [3.8, 4) is 0 Å². The molecule has 126 valence electrons. The van der Waals surface area contributed by atoms with E-state index in [2.05, 4.69) is 25.7 Å². The number of nitrogens with zero attached hydrogens (tertiary/aromatic N) is 4. The topological polar surface area (TPSA) is 67.1 Å². The fraction of sp³-hybridized carbons (Fsp3) is 0.400. The van der Waals surface area contributed by atoms with E-state index in [9.17, 15) is 0 Å². The summed E-state index contributed by atoms with van der Waals surface area (Å²) >= 11 is 6.16. The van der Waals surface area contributed by atoms with Gasteiger partial charge in [0.15, 0.2) is 5.96 Å². The summed E-state index contributed by atoms with van der Waals surface area (Å²) in [7, 11) is 1.86. The molecule has 0 spiro atoms. The van der Waals surface area contributed by atoms with Crippen molar-refractivity contribution < 1.29 is 0 Å². The molecule has 1 heterocycles. The first-order valence-corrected chi connectivity index (χ1v) is 7.67. The van der Waals surface area contributed by atoms with Crippen LogP contribution >= 0.6 is 35.6 Å². The van der Waals surface area contributed by atoms with Gasteiger partial charge in [-0.25, -0.2) is 9.98 Å². The van der Waals surface area contributed by atoms with Gasteiger partial charge in [0.05, 0.1) is 0 Å². The maximum atomic E-state index is 6.16. The van der Waals surface area contributed by atoms with Gasteiger partial charge in [0.2, 0.25) is 0 Å². The highest BCUT2D eigenvalue weighted by atomic mass is 127. The number of hydrogen-bond donors (Lipinski definition) is 2. The first kappa shape index (κ1) is 19.7. The van der Waals surface area contributed by atoms with Crippen molar-refractivity contribution in [1.82, 2.24) is 25.4 Å². The average Bonchev–Trinajstić information content (AvgIpc) is 2.92. The molecule has 0 saturated carbocycles. The van der Waals surface area contributed by atoms with E-state index in [1.807, 2.05) is 38.2 Å². The van der Waals surface area contributed by atoms with Crippen molar-refractivity contribution in [3.63, 3.8) is 0 Å². The zero-order chi connectivity index (χ0) is 15.8. The van der Waals surface area contributed by atoms with Gasteiger partial charge in [-0.1, -0.05) is 29.8 Å². The molecule has 0 aliphatic heterocycles. The lowest BCUT2D eigenvalue weighted by atomic mass is 10.1. The summed E-state index contributed by atoms with van der Waals surface area (Å²) in [5.41, 5.74) is 1.13. The molecule has 2 rings (SSSR count). The van der Waals surface area contributed by atoms with Crippen LogP contribution in [0.5, 0.6) is 0 Å². The zero-order valence-corrected chi connectivity index (χ0v) is 16.4. The van der Waals surface area contributed by atoms with Crippen LogP contribution < -0.4 is 10.6 Å². The van der Waals surface area contributed by atoms with E-state index < -0.39 is 0 Å². The van der Waals surface area contributed by atoms with Gasteiger partial charge in [0.25, 0.3) is 0 Å². The Labute approximate surface area is 158 Å². The highest BCUT2D eigenvalue weighted by Gasteiger charge is 2.03. The maximum absolute atomic E-state index is 6.16. The van der Waals surface area contributed by atoms with Crippen molar-refractivity contribution in [3.05, 3.63) is 47.0 Å². The summed E-state index contributed by atoms with van der Waals surface area (Å²) < 4.78 is 1.72. The predicted octanol–water partition coefficient (Wildman–Crippen LogP) is 2.38. The molecule has 0 fully saturated rings. The lowest BCUT2D eigenvalue weighted by Gasteiger charge is -2.11. The third kappa shape index (κ3) is 6.34. The molecule has 0 amide bonds. The molecule has 2 aromatic rings. The highest BCUT2D eigenvalue weighted by molar-refractivity contribution is 14.0. The molecule has 0 atom stereocenters. The van der Waals surface area contributed by atoms with Crippen LogP contribution in [0.2, 0.25) is 5.02 Å². The van der Waals surface area contributed by atoms with Gasteiger partial charge in [-0.3, -0.25) is 4.68 Å². The van der Waals surface area contributed by atoms with E-state index in [4.69, 9.17) is 11.6 Å². The molecule has 6 nitrogen and oxygen atoms in total. The van der Waals surface area contributed by atoms with E-state index in [1.54, 1.807) is 4.68 Å². The molecule has 23 heavy (non-hydrogen) atoms. The second-order valence-electron chi connectivity index (χ2n) is 4.76. The van der Waals surface area contributed by atoms with E-state index in [-0.39, 0.29) is 24.0 Å². The minimum atomic E-state index is 0. The third-order valence-electron chi connectivity index (χ3n) is 3.17. The summed E-state index contributed by atoms with van der Waals surface area (Å²) in [6.07, 6.45) is 2.37. The largest absolute Gasteiger partial charge is 0.357 e. The van der Waals surface area contributed by atoms with Crippen LogP contribution in [0, 0.1) is 0 Å². The second kappa shape index (κ2) is 10.4. The average molecular weight is 449 g/mol. The molecule has 0 aliphatic carbocycles. The Hall–Kier alpha value is -1.35. The van der Waals surface area contributed by atoms with Crippen molar-refractivity contribution in [2.75, 3.05) is 13.1 Å². The molecule has 0 aliphatic rings. The number of nitrogens with one attached hydrogen (secondary N) is 2. The summed E-state index contributed by atoms with van der Waals surface area (Å²) in [5, 5.41) is 11.3. The second-order valence-corrected chi connectivity index (χ2v) is 5.17. The van der Waals surface area contributed by atoms with E-state index in [1.165, 1.54) is 6.33 Å². The monoisotopic (exact) mass is 448 g/mol. The molecule has 2 N–H and O–H groups in total. The summed E-state index contributed by atoms with van der Waals surface area (Å²) in [4.78, 5) is 8.67. The zero-order valence-electron chi connectivity index (χ0n) is 13.3. The van der Waals surface area contributed by atoms with Crippen molar-refractivity contribution >= 4 is 41.5 Å². The van der Waals surface area contributed by atoms with Crippen LogP contribution in [0.15, 0.2) is 35.6 Å². The molecular formula is C15H22ClIN6. The number of rotatable bonds is 6. The molecule has 1 aromatic heterocycles. The molecule has 1 aromatic carbocycles. The van der Waals surface area contributed by atoms with Gasteiger partial charge in [0.1, 0.15) is 18.7 Å². The van der Waals surface area contributed by atoms with Crippen LogP contribution in [0.4, 0.5) is 0 Å². The fourth-order valence-corrected chi connectivity index (χ4v) is 2.20. The fourth-order valence-electron chi connectivity index (χ4n) is 1.97. The SMILES string of the molecule is CCNC(=NCc1ncnn1C)NCCc1ccccc1Cl.I. The van der Waals surface area contributed by atoms with E-state index in [0.29, 0.717) is 6.54 Å². The minimum absolute atomic E-state index is 0. The van der Waals surface area contributed by atoms with Gasteiger partial charge >= 0.3 is 0 Å². The van der Waals surface area contributed by atoms with Crippen LogP contribution in [0.3, 0.4) is 0 Å². The smallest absolute Gasteiger partial charge is 0.191 e. The quantitative estimate of drug-likeness (QED) is 0.405. The van der Waals surface area contributed by atoms with Gasteiger partial charge in [0, 0.05) is 25.2 Å². The maximum Gasteiger partial charge on any atom is 0.191 e.